The van der Waals surface area contributed by atoms with Gasteiger partial charge in [-0.3, -0.25) is 4.98 Å². The minimum Gasteiger partial charge on any atom is -0.310 e. The average Bonchev–Trinajstić information content (AvgIpc) is 2.25. The first-order valence-electron chi connectivity index (χ1n) is 4.91. The monoisotopic (exact) mass is 188 g/mol. The number of hydrogen-bond acceptors (Lipinski definition) is 2. The Morgan fingerprint density at radius 3 is 2.86 bits per heavy atom. The lowest BCUT2D eigenvalue weighted by atomic mass is 10.1. The Bertz CT molecular complexity index is 287. The van der Waals surface area contributed by atoms with Crippen molar-refractivity contribution in [3.8, 4) is 12.3 Å². The lowest BCUT2D eigenvalue weighted by molar-refractivity contribution is 0.562. The van der Waals surface area contributed by atoms with Crippen molar-refractivity contribution in [1.82, 2.24) is 10.3 Å². The molecule has 74 valence electrons. The van der Waals surface area contributed by atoms with Gasteiger partial charge in [-0.05, 0) is 37.6 Å². The highest BCUT2D eigenvalue weighted by atomic mass is 14.9. The van der Waals surface area contributed by atoms with Crippen molar-refractivity contribution in [2.45, 2.75) is 25.8 Å². The predicted octanol–water partition coefficient (Wildman–Crippen LogP) is 2.15. The van der Waals surface area contributed by atoms with E-state index < -0.39 is 0 Å². The zero-order chi connectivity index (χ0) is 10.2. The largest absolute Gasteiger partial charge is 0.310 e. The van der Waals surface area contributed by atoms with Crippen molar-refractivity contribution in [1.29, 1.82) is 0 Å². The summed E-state index contributed by atoms with van der Waals surface area (Å²) in [5, 5.41) is 3.41. The Kier molecular flexibility index (Phi) is 4.74. The molecule has 1 N–H and O–H groups in total. The van der Waals surface area contributed by atoms with Crippen molar-refractivity contribution in [3.05, 3.63) is 30.1 Å². The third-order valence-electron chi connectivity index (χ3n) is 2.15. The number of aromatic nitrogens is 1. The van der Waals surface area contributed by atoms with Crippen LogP contribution in [0.25, 0.3) is 0 Å². The first-order valence-corrected chi connectivity index (χ1v) is 4.91. The summed E-state index contributed by atoms with van der Waals surface area (Å²) in [5.41, 5.74) is 1.26. The fourth-order valence-electron chi connectivity index (χ4n) is 1.28. The van der Waals surface area contributed by atoms with E-state index in [4.69, 9.17) is 6.42 Å². The maximum absolute atomic E-state index is 5.17. The summed E-state index contributed by atoms with van der Waals surface area (Å²) in [6.07, 6.45) is 10.7. The molecule has 2 heteroatoms. The van der Waals surface area contributed by atoms with Crippen LogP contribution in [0.4, 0.5) is 0 Å². The molecule has 0 saturated heterocycles. The third-order valence-corrected chi connectivity index (χ3v) is 2.15. The summed E-state index contributed by atoms with van der Waals surface area (Å²) in [7, 11) is 0. The Morgan fingerprint density at radius 1 is 1.50 bits per heavy atom. The fraction of sp³-hybridized carbons (Fsp3) is 0.417. The van der Waals surface area contributed by atoms with Crippen LogP contribution in [0.15, 0.2) is 24.5 Å². The van der Waals surface area contributed by atoms with Crippen LogP contribution in [0.5, 0.6) is 0 Å². The van der Waals surface area contributed by atoms with Crippen LogP contribution in [-0.4, -0.2) is 11.5 Å². The number of nitrogens with one attached hydrogen (secondary N) is 1. The Labute approximate surface area is 85.8 Å². The number of unbranched alkanes of at least 4 members (excludes halogenated alkanes) is 1. The maximum Gasteiger partial charge on any atom is 0.0292 e. The van der Waals surface area contributed by atoms with Crippen molar-refractivity contribution in [3.63, 3.8) is 0 Å². The van der Waals surface area contributed by atoms with Gasteiger partial charge in [-0.1, -0.05) is 0 Å². The maximum atomic E-state index is 5.17. The molecule has 1 rings (SSSR count). The molecule has 0 amide bonds. The molecule has 2 nitrogen and oxygen atoms in total. The Balaban J connectivity index is 2.29. The summed E-state index contributed by atoms with van der Waals surface area (Å²) in [4.78, 5) is 3.98. The number of nitrogens with zero attached hydrogens (tertiary/aromatic N) is 1. The van der Waals surface area contributed by atoms with Crippen LogP contribution in [-0.2, 0) is 0 Å². The van der Waals surface area contributed by atoms with Gasteiger partial charge in [0.2, 0.25) is 0 Å². The topological polar surface area (TPSA) is 24.9 Å². The minimum absolute atomic E-state index is 0.371. The Hall–Kier alpha value is -1.33. The minimum atomic E-state index is 0.371. The summed E-state index contributed by atoms with van der Waals surface area (Å²) >= 11 is 0. The molecule has 0 aliphatic carbocycles. The molecule has 1 heterocycles. The van der Waals surface area contributed by atoms with Crippen LogP contribution in [0.2, 0.25) is 0 Å². The van der Waals surface area contributed by atoms with Gasteiger partial charge in [-0.2, -0.15) is 0 Å². The van der Waals surface area contributed by atoms with Gasteiger partial charge in [0.05, 0.1) is 0 Å². The lowest BCUT2D eigenvalue weighted by Crippen LogP contribution is -2.19. The molecular weight excluding hydrogens is 172 g/mol. The molecule has 0 unspecified atom stereocenters. The van der Waals surface area contributed by atoms with Gasteiger partial charge in [-0.25, -0.2) is 0 Å². The van der Waals surface area contributed by atoms with Crippen LogP contribution in [0.1, 0.15) is 31.4 Å². The van der Waals surface area contributed by atoms with Gasteiger partial charge < -0.3 is 5.32 Å². The van der Waals surface area contributed by atoms with Crippen molar-refractivity contribution < 1.29 is 0 Å². The molecule has 0 aliphatic heterocycles. The van der Waals surface area contributed by atoms with Gasteiger partial charge in [-0.15, -0.1) is 12.3 Å². The molecule has 0 bridgehead atoms. The zero-order valence-corrected chi connectivity index (χ0v) is 8.53. The second-order valence-corrected chi connectivity index (χ2v) is 3.26. The first-order chi connectivity index (χ1) is 6.84. The second-order valence-electron chi connectivity index (χ2n) is 3.26. The molecule has 0 aromatic carbocycles. The molecule has 1 aromatic heterocycles. The van der Waals surface area contributed by atoms with E-state index in [0.717, 1.165) is 19.4 Å². The van der Waals surface area contributed by atoms with E-state index in [1.165, 1.54) is 5.56 Å². The standard InChI is InChI=1S/C12H16N2/c1-3-4-5-8-14-11(2)12-6-9-13-10-7-12/h1,6-7,9-11,14H,4-5,8H2,2H3/t11-/m0/s1. The number of terminal acetylenes is 1. The van der Waals surface area contributed by atoms with Crippen molar-refractivity contribution in [2.24, 2.45) is 0 Å². The molecule has 1 aromatic rings. The molecule has 0 saturated carbocycles. The van der Waals surface area contributed by atoms with E-state index in [0.29, 0.717) is 6.04 Å². The van der Waals surface area contributed by atoms with E-state index in [-0.39, 0.29) is 0 Å². The van der Waals surface area contributed by atoms with E-state index >= 15 is 0 Å². The van der Waals surface area contributed by atoms with Crippen LogP contribution >= 0.6 is 0 Å². The van der Waals surface area contributed by atoms with E-state index in [1.54, 1.807) is 0 Å². The van der Waals surface area contributed by atoms with E-state index in [1.807, 2.05) is 24.5 Å². The highest BCUT2D eigenvalue weighted by Crippen LogP contribution is 2.09. The highest BCUT2D eigenvalue weighted by molar-refractivity contribution is 5.13. The van der Waals surface area contributed by atoms with Gasteiger partial charge in [0.15, 0.2) is 0 Å². The van der Waals surface area contributed by atoms with Crippen LogP contribution < -0.4 is 5.32 Å². The number of hydrogen-bond donors (Lipinski definition) is 1. The number of rotatable bonds is 5. The predicted molar refractivity (Wildman–Crippen MR) is 58.7 cm³/mol. The van der Waals surface area contributed by atoms with Gasteiger partial charge in [0.1, 0.15) is 0 Å². The second kappa shape index (κ2) is 6.17. The summed E-state index contributed by atoms with van der Waals surface area (Å²) < 4.78 is 0. The molecule has 14 heavy (non-hydrogen) atoms. The van der Waals surface area contributed by atoms with Crippen LogP contribution in [0.3, 0.4) is 0 Å². The SMILES string of the molecule is C#CCCCN[C@@H](C)c1ccncc1. The Morgan fingerprint density at radius 2 is 2.21 bits per heavy atom. The molecule has 0 fully saturated rings. The summed E-state index contributed by atoms with van der Waals surface area (Å²) in [6.45, 7) is 3.11. The molecule has 0 spiro atoms. The molecule has 0 aliphatic rings. The molecular formula is C12H16N2. The van der Waals surface area contributed by atoms with Gasteiger partial charge in [0, 0.05) is 24.9 Å². The molecule has 0 radical (unpaired) electrons. The lowest BCUT2D eigenvalue weighted by Gasteiger charge is -2.12. The molecule has 1 atom stereocenters. The smallest absolute Gasteiger partial charge is 0.0292 e. The average molecular weight is 188 g/mol. The van der Waals surface area contributed by atoms with E-state index in [2.05, 4.69) is 23.1 Å². The highest BCUT2D eigenvalue weighted by Gasteiger charge is 2.02. The zero-order valence-electron chi connectivity index (χ0n) is 8.53. The normalized spacial score (nSPS) is 12.0. The van der Waals surface area contributed by atoms with E-state index in [9.17, 15) is 0 Å². The van der Waals surface area contributed by atoms with Crippen LogP contribution in [0, 0.1) is 12.3 Å². The summed E-state index contributed by atoms with van der Waals surface area (Å²) in [6, 6.07) is 4.42. The van der Waals surface area contributed by atoms with Crippen molar-refractivity contribution in [2.75, 3.05) is 6.54 Å². The number of pyridine rings is 1. The summed E-state index contributed by atoms with van der Waals surface area (Å²) in [5.74, 6) is 2.63. The quantitative estimate of drug-likeness (QED) is 0.565. The van der Waals surface area contributed by atoms with Gasteiger partial charge in [0.25, 0.3) is 0 Å². The van der Waals surface area contributed by atoms with Crippen molar-refractivity contribution >= 4 is 0 Å². The van der Waals surface area contributed by atoms with Gasteiger partial charge >= 0.3 is 0 Å². The first kappa shape index (κ1) is 10.7. The fourth-order valence-corrected chi connectivity index (χ4v) is 1.28. The third kappa shape index (κ3) is 3.59.